The minimum atomic E-state index is -0.843. The van der Waals surface area contributed by atoms with Gasteiger partial charge in [-0.05, 0) is 44.9 Å². The van der Waals surface area contributed by atoms with Gasteiger partial charge in [0.05, 0.1) is 18.8 Å². The molecule has 5 nitrogen and oxygen atoms in total. The Morgan fingerprint density at radius 2 is 0.774 bits per heavy atom. The number of carbonyl (C=O) groups excluding carboxylic acids is 1. The van der Waals surface area contributed by atoms with Gasteiger partial charge in [-0.1, -0.05) is 224 Å². The van der Waals surface area contributed by atoms with Crippen molar-refractivity contribution in [3.05, 3.63) is 24.3 Å². The number of amides is 1. The Kier molecular flexibility index (Phi) is 44.2. The summed E-state index contributed by atoms with van der Waals surface area (Å²) in [6.07, 6.45) is 56.0. The molecule has 0 aromatic rings. The summed E-state index contributed by atoms with van der Waals surface area (Å²) in [4.78, 5) is 12.4. The largest absolute Gasteiger partial charge is 0.396 e. The fourth-order valence-electron chi connectivity index (χ4n) is 7.34. The molecule has 0 aliphatic rings. The van der Waals surface area contributed by atoms with E-state index in [0.29, 0.717) is 13.0 Å². The summed E-state index contributed by atoms with van der Waals surface area (Å²) in [6.45, 7) is 2.33. The molecule has 0 aromatic carbocycles. The van der Waals surface area contributed by atoms with E-state index in [1.165, 1.54) is 205 Å². The highest BCUT2D eigenvalue weighted by Crippen LogP contribution is 2.17. The minimum absolute atomic E-state index is 0.0670. The number of nitrogens with one attached hydrogen (secondary N) is 1. The number of hydrogen-bond acceptors (Lipinski definition) is 4. The maximum atomic E-state index is 12.4. The molecule has 0 radical (unpaired) electrons. The zero-order chi connectivity index (χ0) is 38.6. The van der Waals surface area contributed by atoms with E-state index in [9.17, 15) is 15.0 Å². The lowest BCUT2D eigenvalue weighted by molar-refractivity contribution is -0.123. The van der Waals surface area contributed by atoms with Gasteiger partial charge in [0.1, 0.15) is 0 Å². The Bertz CT molecular complexity index is 769. The number of unbranched alkanes of at least 4 members (excludes halogenated alkanes) is 34. The van der Waals surface area contributed by atoms with Crippen molar-refractivity contribution in [2.75, 3.05) is 13.2 Å². The van der Waals surface area contributed by atoms with Crippen molar-refractivity contribution in [2.45, 2.75) is 263 Å². The molecule has 0 saturated carbocycles. The van der Waals surface area contributed by atoms with Crippen LogP contribution in [0.1, 0.15) is 251 Å². The summed E-state index contributed by atoms with van der Waals surface area (Å²) < 4.78 is 0. The Labute approximate surface area is 331 Å². The van der Waals surface area contributed by atoms with Crippen molar-refractivity contribution in [2.24, 2.45) is 0 Å². The molecule has 53 heavy (non-hydrogen) atoms. The summed E-state index contributed by atoms with van der Waals surface area (Å²) >= 11 is 0. The molecule has 0 spiro atoms. The van der Waals surface area contributed by atoms with E-state index in [0.717, 1.165) is 32.1 Å². The molecule has 0 saturated heterocycles. The van der Waals surface area contributed by atoms with Gasteiger partial charge in [0.25, 0.3) is 0 Å². The average molecular weight is 748 g/mol. The first-order chi connectivity index (χ1) is 26.2. The van der Waals surface area contributed by atoms with E-state index in [1.807, 2.05) is 6.08 Å². The van der Waals surface area contributed by atoms with Crippen LogP contribution in [0, 0.1) is 0 Å². The van der Waals surface area contributed by atoms with Crippen LogP contribution < -0.4 is 5.32 Å². The van der Waals surface area contributed by atoms with E-state index in [-0.39, 0.29) is 12.5 Å². The molecular weight excluding hydrogens is 655 g/mol. The van der Waals surface area contributed by atoms with Crippen molar-refractivity contribution in [3.8, 4) is 0 Å². The second-order valence-electron chi connectivity index (χ2n) is 16.3. The second-order valence-corrected chi connectivity index (χ2v) is 16.3. The molecule has 0 unspecified atom stereocenters. The van der Waals surface area contributed by atoms with Gasteiger partial charge in [-0.2, -0.15) is 0 Å². The molecule has 0 bridgehead atoms. The van der Waals surface area contributed by atoms with E-state index in [1.54, 1.807) is 6.08 Å². The van der Waals surface area contributed by atoms with E-state index < -0.39 is 12.1 Å². The Morgan fingerprint density at radius 1 is 0.453 bits per heavy atom. The predicted molar refractivity (Wildman–Crippen MR) is 232 cm³/mol. The molecule has 0 fully saturated rings. The fourth-order valence-corrected chi connectivity index (χ4v) is 7.34. The number of aliphatic hydroxyl groups excluding tert-OH is 3. The molecule has 0 rings (SSSR count). The third-order valence-corrected chi connectivity index (χ3v) is 11.0. The Hall–Kier alpha value is -1.17. The van der Waals surface area contributed by atoms with Crippen molar-refractivity contribution in [1.82, 2.24) is 5.32 Å². The van der Waals surface area contributed by atoms with Gasteiger partial charge in [-0.25, -0.2) is 0 Å². The molecule has 2 atom stereocenters. The van der Waals surface area contributed by atoms with E-state index >= 15 is 0 Å². The normalized spacial score (nSPS) is 13.1. The highest BCUT2D eigenvalue weighted by atomic mass is 16.3. The van der Waals surface area contributed by atoms with Crippen LogP contribution in [0.25, 0.3) is 0 Å². The van der Waals surface area contributed by atoms with Crippen LogP contribution in [0.3, 0.4) is 0 Å². The summed E-state index contributed by atoms with van der Waals surface area (Å²) in [7, 11) is 0. The molecular formula is C48H93NO4. The zero-order valence-electron chi connectivity index (χ0n) is 35.5. The van der Waals surface area contributed by atoms with Gasteiger partial charge in [0, 0.05) is 13.0 Å². The number of rotatable bonds is 44. The summed E-state index contributed by atoms with van der Waals surface area (Å²) in [5, 5.41) is 31.8. The molecule has 314 valence electrons. The summed E-state index contributed by atoms with van der Waals surface area (Å²) in [5.74, 6) is -0.0670. The maximum Gasteiger partial charge on any atom is 0.220 e. The van der Waals surface area contributed by atoms with Gasteiger partial charge in [0.2, 0.25) is 5.91 Å². The van der Waals surface area contributed by atoms with Crippen LogP contribution in [0.5, 0.6) is 0 Å². The van der Waals surface area contributed by atoms with Gasteiger partial charge in [-0.3, -0.25) is 4.79 Å². The number of hydrogen-bond donors (Lipinski definition) is 4. The topological polar surface area (TPSA) is 89.8 Å². The predicted octanol–water partition coefficient (Wildman–Crippen LogP) is 13.8. The Balaban J connectivity index is 3.43. The van der Waals surface area contributed by atoms with Crippen LogP contribution >= 0.6 is 0 Å². The maximum absolute atomic E-state index is 12.4. The monoisotopic (exact) mass is 748 g/mol. The lowest BCUT2D eigenvalue weighted by Gasteiger charge is -2.20. The van der Waals surface area contributed by atoms with E-state index in [4.69, 9.17) is 5.11 Å². The standard InChI is InChI=1S/C48H93NO4/c1-2-3-4-5-6-7-8-24-27-30-33-36-39-42-47(52)46(45-51)49-48(53)43-40-37-34-31-28-25-22-20-18-16-14-12-10-9-11-13-15-17-19-21-23-26-29-32-35-38-41-44-50/h4-5,39,42,46-47,50-52H,2-3,6-38,40-41,43-45H2,1H3,(H,49,53)/b5-4-,42-39+/t46-,47+/m0/s1. The third kappa shape index (κ3) is 41.8. The second kappa shape index (κ2) is 45.2. The van der Waals surface area contributed by atoms with Gasteiger partial charge in [-0.15, -0.1) is 0 Å². The van der Waals surface area contributed by atoms with Gasteiger partial charge < -0.3 is 20.6 Å². The molecule has 0 heterocycles. The highest BCUT2D eigenvalue weighted by molar-refractivity contribution is 5.76. The van der Waals surface area contributed by atoms with Crippen LogP contribution in [0.15, 0.2) is 24.3 Å². The number of carbonyl (C=O) groups is 1. The smallest absolute Gasteiger partial charge is 0.220 e. The molecule has 5 heteroatoms. The van der Waals surface area contributed by atoms with Gasteiger partial charge in [0.15, 0.2) is 0 Å². The number of aliphatic hydroxyl groups is 3. The number of allylic oxidation sites excluding steroid dienone is 3. The van der Waals surface area contributed by atoms with Crippen LogP contribution in [0.4, 0.5) is 0 Å². The van der Waals surface area contributed by atoms with Crippen molar-refractivity contribution < 1.29 is 20.1 Å². The molecule has 1 amide bonds. The summed E-state index contributed by atoms with van der Waals surface area (Å²) in [6, 6.07) is -0.625. The third-order valence-electron chi connectivity index (χ3n) is 11.0. The minimum Gasteiger partial charge on any atom is -0.396 e. The molecule has 4 N–H and O–H groups in total. The highest BCUT2D eigenvalue weighted by Gasteiger charge is 2.18. The Morgan fingerprint density at radius 3 is 1.13 bits per heavy atom. The molecule has 0 aromatic heterocycles. The lowest BCUT2D eigenvalue weighted by Crippen LogP contribution is -2.45. The molecule has 0 aliphatic heterocycles. The lowest BCUT2D eigenvalue weighted by atomic mass is 10.0. The van der Waals surface area contributed by atoms with Crippen LogP contribution in [-0.2, 0) is 4.79 Å². The van der Waals surface area contributed by atoms with Crippen LogP contribution in [-0.4, -0.2) is 46.6 Å². The zero-order valence-corrected chi connectivity index (χ0v) is 35.5. The fraction of sp³-hybridized carbons (Fsp3) is 0.896. The van der Waals surface area contributed by atoms with Crippen molar-refractivity contribution >= 4 is 5.91 Å². The summed E-state index contributed by atoms with van der Waals surface area (Å²) in [5.41, 5.74) is 0. The quantitative estimate of drug-likeness (QED) is 0.0369. The average Bonchev–Trinajstić information content (AvgIpc) is 3.16. The first-order valence-corrected chi connectivity index (χ1v) is 23.7. The molecule has 0 aliphatic carbocycles. The van der Waals surface area contributed by atoms with Crippen molar-refractivity contribution in [3.63, 3.8) is 0 Å². The van der Waals surface area contributed by atoms with Gasteiger partial charge >= 0.3 is 0 Å². The van der Waals surface area contributed by atoms with Crippen LogP contribution in [0.2, 0.25) is 0 Å². The first-order valence-electron chi connectivity index (χ1n) is 23.7. The van der Waals surface area contributed by atoms with E-state index in [2.05, 4.69) is 24.4 Å². The van der Waals surface area contributed by atoms with Crippen molar-refractivity contribution in [1.29, 1.82) is 0 Å². The SMILES string of the molecule is CCC/C=C\CCCCCCCC/C=C/[C@@H](O)[C@H](CO)NC(=O)CCCCCCCCCCCCCCCCCCCCCCCCCCCCCO. The first kappa shape index (κ1) is 51.8.